The van der Waals surface area contributed by atoms with Crippen LogP contribution in [-0.2, 0) is 0 Å². The highest BCUT2D eigenvalue weighted by Crippen LogP contribution is 2.12. The third-order valence-corrected chi connectivity index (χ3v) is 2.92. The fraction of sp³-hybridized carbons (Fsp3) is 0.571. The molecule has 0 bridgehead atoms. The van der Waals surface area contributed by atoms with E-state index in [0.29, 0.717) is 12.6 Å². The van der Waals surface area contributed by atoms with Gasteiger partial charge in [0.15, 0.2) is 0 Å². The van der Waals surface area contributed by atoms with Crippen molar-refractivity contribution in [3.05, 3.63) is 35.6 Å². The maximum Gasteiger partial charge on any atom is 0.123 e. The Labute approximate surface area is 109 Å². The van der Waals surface area contributed by atoms with Crippen molar-refractivity contribution >= 4 is 0 Å². The molecular formula is C14H23FN2O. The fourth-order valence-corrected chi connectivity index (χ4v) is 1.67. The number of nitrogens with one attached hydrogen (secondary N) is 1. The Morgan fingerprint density at radius 1 is 1.28 bits per heavy atom. The number of rotatable bonds is 7. The SMILES string of the molecule is CC(CCN(C)C)NCC(O)c1ccc(F)cc1. The molecule has 1 aromatic rings. The number of hydrogen-bond acceptors (Lipinski definition) is 3. The van der Waals surface area contributed by atoms with Gasteiger partial charge in [-0.15, -0.1) is 0 Å². The molecule has 0 saturated heterocycles. The summed E-state index contributed by atoms with van der Waals surface area (Å²) in [6.45, 7) is 3.60. The monoisotopic (exact) mass is 254 g/mol. The van der Waals surface area contributed by atoms with Crippen molar-refractivity contribution in [1.29, 1.82) is 0 Å². The lowest BCUT2D eigenvalue weighted by molar-refractivity contribution is 0.169. The van der Waals surface area contributed by atoms with Crippen LogP contribution in [0.2, 0.25) is 0 Å². The molecule has 2 N–H and O–H groups in total. The molecule has 0 amide bonds. The van der Waals surface area contributed by atoms with E-state index in [9.17, 15) is 9.50 Å². The molecule has 18 heavy (non-hydrogen) atoms. The smallest absolute Gasteiger partial charge is 0.123 e. The summed E-state index contributed by atoms with van der Waals surface area (Å²) in [5, 5.41) is 13.2. The number of aliphatic hydroxyl groups is 1. The van der Waals surface area contributed by atoms with Crippen molar-refractivity contribution in [3.8, 4) is 0 Å². The number of halogens is 1. The van der Waals surface area contributed by atoms with E-state index in [1.54, 1.807) is 12.1 Å². The lowest BCUT2D eigenvalue weighted by Gasteiger charge is -2.19. The summed E-state index contributed by atoms with van der Waals surface area (Å²) in [5.74, 6) is -0.279. The third-order valence-electron chi connectivity index (χ3n) is 2.92. The molecule has 2 unspecified atom stereocenters. The number of aliphatic hydroxyl groups excluding tert-OH is 1. The lowest BCUT2D eigenvalue weighted by atomic mass is 10.1. The van der Waals surface area contributed by atoms with E-state index in [2.05, 4.69) is 17.1 Å². The van der Waals surface area contributed by atoms with Crippen LogP contribution in [0.5, 0.6) is 0 Å². The van der Waals surface area contributed by atoms with Gasteiger partial charge in [-0.3, -0.25) is 0 Å². The van der Waals surface area contributed by atoms with Crippen LogP contribution in [0.1, 0.15) is 25.0 Å². The molecule has 0 aliphatic rings. The predicted octanol–water partition coefficient (Wildman–Crippen LogP) is 1.79. The second-order valence-corrected chi connectivity index (χ2v) is 4.97. The molecule has 1 aromatic carbocycles. The Morgan fingerprint density at radius 3 is 2.44 bits per heavy atom. The number of hydrogen-bond donors (Lipinski definition) is 2. The van der Waals surface area contributed by atoms with Gasteiger partial charge in [0, 0.05) is 12.6 Å². The summed E-state index contributed by atoms with van der Waals surface area (Å²) in [7, 11) is 4.08. The van der Waals surface area contributed by atoms with Gasteiger partial charge in [-0.1, -0.05) is 12.1 Å². The summed E-state index contributed by atoms with van der Waals surface area (Å²) >= 11 is 0. The van der Waals surface area contributed by atoms with Crippen LogP contribution >= 0.6 is 0 Å². The minimum Gasteiger partial charge on any atom is -0.387 e. The molecule has 2 atom stereocenters. The molecular weight excluding hydrogens is 231 g/mol. The molecule has 0 aromatic heterocycles. The molecule has 0 spiro atoms. The van der Waals surface area contributed by atoms with Crippen LogP contribution in [0, 0.1) is 5.82 Å². The third kappa shape index (κ3) is 5.58. The maximum atomic E-state index is 12.7. The first-order valence-electron chi connectivity index (χ1n) is 6.30. The zero-order valence-corrected chi connectivity index (χ0v) is 11.4. The highest BCUT2D eigenvalue weighted by molar-refractivity contribution is 5.18. The number of benzene rings is 1. The van der Waals surface area contributed by atoms with Crippen LogP contribution in [0.15, 0.2) is 24.3 Å². The largest absolute Gasteiger partial charge is 0.387 e. The average molecular weight is 254 g/mol. The standard InChI is InChI=1S/C14H23FN2O/c1-11(8-9-17(2)3)16-10-14(18)12-4-6-13(15)7-5-12/h4-7,11,14,16,18H,8-10H2,1-3H3. The molecule has 0 saturated carbocycles. The highest BCUT2D eigenvalue weighted by atomic mass is 19.1. The molecule has 102 valence electrons. The summed E-state index contributed by atoms with van der Waals surface area (Å²) in [4.78, 5) is 2.13. The van der Waals surface area contributed by atoms with Crippen LogP contribution in [0.25, 0.3) is 0 Å². The summed E-state index contributed by atoms with van der Waals surface area (Å²) < 4.78 is 12.7. The quantitative estimate of drug-likeness (QED) is 0.778. The van der Waals surface area contributed by atoms with Crippen LogP contribution < -0.4 is 5.32 Å². The van der Waals surface area contributed by atoms with Gasteiger partial charge < -0.3 is 15.3 Å². The second kappa shape index (κ2) is 7.46. The topological polar surface area (TPSA) is 35.5 Å². The summed E-state index contributed by atoms with van der Waals surface area (Å²) in [6, 6.07) is 6.32. The van der Waals surface area contributed by atoms with E-state index in [1.807, 2.05) is 14.1 Å². The van der Waals surface area contributed by atoms with E-state index in [4.69, 9.17) is 0 Å². The van der Waals surface area contributed by atoms with Gasteiger partial charge in [-0.2, -0.15) is 0 Å². The first-order valence-corrected chi connectivity index (χ1v) is 6.30. The maximum absolute atomic E-state index is 12.7. The molecule has 0 aliphatic carbocycles. The van der Waals surface area contributed by atoms with Crippen molar-refractivity contribution in [2.24, 2.45) is 0 Å². The first-order chi connectivity index (χ1) is 8.49. The minimum absolute atomic E-state index is 0.279. The van der Waals surface area contributed by atoms with E-state index in [1.165, 1.54) is 12.1 Å². The van der Waals surface area contributed by atoms with Crippen molar-refractivity contribution in [3.63, 3.8) is 0 Å². The van der Waals surface area contributed by atoms with E-state index >= 15 is 0 Å². The molecule has 3 nitrogen and oxygen atoms in total. The van der Waals surface area contributed by atoms with Gasteiger partial charge >= 0.3 is 0 Å². The Hall–Kier alpha value is -0.970. The zero-order chi connectivity index (χ0) is 13.5. The number of nitrogens with zero attached hydrogens (tertiary/aromatic N) is 1. The Morgan fingerprint density at radius 2 is 1.89 bits per heavy atom. The average Bonchev–Trinajstić information content (AvgIpc) is 2.34. The van der Waals surface area contributed by atoms with Crippen LogP contribution in [0.4, 0.5) is 4.39 Å². The van der Waals surface area contributed by atoms with Gasteiger partial charge in [0.2, 0.25) is 0 Å². The molecule has 0 fully saturated rings. The van der Waals surface area contributed by atoms with E-state index < -0.39 is 6.10 Å². The first kappa shape index (κ1) is 15.1. The summed E-state index contributed by atoms with van der Waals surface area (Å²) in [5.41, 5.74) is 0.740. The highest BCUT2D eigenvalue weighted by Gasteiger charge is 2.09. The Balaban J connectivity index is 2.32. The Bertz CT molecular complexity index is 340. The molecule has 1 rings (SSSR count). The van der Waals surface area contributed by atoms with Crippen LogP contribution in [-0.4, -0.2) is 43.2 Å². The molecule has 0 heterocycles. The van der Waals surface area contributed by atoms with Gasteiger partial charge in [0.1, 0.15) is 5.82 Å². The minimum atomic E-state index is -0.590. The van der Waals surface area contributed by atoms with Crippen molar-refractivity contribution in [2.75, 3.05) is 27.2 Å². The van der Waals surface area contributed by atoms with Gasteiger partial charge in [-0.25, -0.2) is 4.39 Å². The summed E-state index contributed by atoms with van der Waals surface area (Å²) in [6.07, 6.45) is 0.441. The van der Waals surface area contributed by atoms with Crippen molar-refractivity contribution in [1.82, 2.24) is 10.2 Å². The van der Waals surface area contributed by atoms with Crippen molar-refractivity contribution in [2.45, 2.75) is 25.5 Å². The fourth-order valence-electron chi connectivity index (χ4n) is 1.67. The van der Waals surface area contributed by atoms with E-state index in [-0.39, 0.29) is 5.82 Å². The van der Waals surface area contributed by atoms with Crippen molar-refractivity contribution < 1.29 is 9.50 Å². The molecule has 0 radical (unpaired) electrons. The van der Waals surface area contributed by atoms with Gasteiger partial charge in [0.05, 0.1) is 6.10 Å². The normalized spacial score (nSPS) is 14.8. The predicted molar refractivity (Wildman–Crippen MR) is 72.0 cm³/mol. The van der Waals surface area contributed by atoms with Crippen LogP contribution in [0.3, 0.4) is 0 Å². The van der Waals surface area contributed by atoms with E-state index in [0.717, 1.165) is 18.5 Å². The van der Waals surface area contributed by atoms with Gasteiger partial charge in [-0.05, 0) is 51.7 Å². The lowest BCUT2D eigenvalue weighted by Crippen LogP contribution is -2.32. The molecule has 4 heteroatoms. The Kier molecular flexibility index (Phi) is 6.25. The molecule has 0 aliphatic heterocycles. The van der Waals surface area contributed by atoms with Gasteiger partial charge in [0.25, 0.3) is 0 Å². The second-order valence-electron chi connectivity index (χ2n) is 4.97. The zero-order valence-electron chi connectivity index (χ0n) is 11.4.